The summed E-state index contributed by atoms with van der Waals surface area (Å²) in [6.45, 7) is 4.66. The van der Waals surface area contributed by atoms with Crippen molar-refractivity contribution in [1.82, 2.24) is 9.78 Å². The fraction of sp³-hybridized carbons (Fsp3) is 0.292. The van der Waals surface area contributed by atoms with Gasteiger partial charge in [0.15, 0.2) is 0 Å². The number of aromatic nitrogens is 2. The van der Waals surface area contributed by atoms with Crippen molar-refractivity contribution in [3.8, 4) is 11.4 Å². The van der Waals surface area contributed by atoms with Crippen LogP contribution in [0.2, 0.25) is 5.02 Å². The summed E-state index contributed by atoms with van der Waals surface area (Å²) in [6, 6.07) is 12.6. The number of hydrogen-bond acceptors (Lipinski definition) is 4. The number of ether oxygens (including phenoxy) is 1. The van der Waals surface area contributed by atoms with Gasteiger partial charge in [-0.25, -0.2) is 4.68 Å². The van der Waals surface area contributed by atoms with Gasteiger partial charge in [-0.1, -0.05) is 31.5 Å². The Morgan fingerprint density at radius 2 is 2.03 bits per heavy atom. The summed E-state index contributed by atoms with van der Waals surface area (Å²) in [5.41, 5.74) is 3.30. The topological polar surface area (TPSA) is 76.5 Å². The Hall–Kier alpha value is -3.32. The molecule has 0 aliphatic carbocycles. The Labute approximate surface area is 191 Å². The van der Waals surface area contributed by atoms with Crippen LogP contribution in [-0.4, -0.2) is 35.2 Å². The van der Waals surface area contributed by atoms with Gasteiger partial charge < -0.3 is 15.0 Å². The van der Waals surface area contributed by atoms with Crippen LogP contribution in [0.5, 0.6) is 5.75 Å². The molecule has 3 aromatic rings. The fourth-order valence-corrected chi connectivity index (χ4v) is 4.17. The first-order chi connectivity index (χ1) is 15.4. The maximum atomic E-state index is 13.2. The molecule has 1 aromatic heterocycles. The van der Waals surface area contributed by atoms with Gasteiger partial charge in [-0.3, -0.25) is 9.59 Å². The smallest absolute Gasteiger partial charge is 0.259 e. The number of anilines is 2. The predicted octanol–water partition coefficient (Wildman–Crippen LogP) is 5.04. The van der Waals surface area contributed by atoms with Crippen molar-refractivity contribution in [3.05, 3.63) is 64.9 Å². The summed E-state index contributed by atoms with van der Waals surface area (Å²) in [4.78, 5) is 27.1. The maximum absolute atomic E-state index is 13.2. The number of methoxy groups -OCH3 is 1. The lowest BCUT2D eigenvalue weighted by atomic mass is 10.0. The number of amides is 2. The van der Waals surface area contributed by atoms with Crippen LogP contribution in [0.15, 0.2) is 48.7 Å². The monoisotopic (exact) mass is 452 g/mol. The van der Waals surface area contributed by atoms with Gasteiger partial charge in [0.25, 0.3) is 5.91 Å². The molecule has 1 aliphatic heterocycles. The van der Waals surface area contributed by atoms with Crippen LogP contribution in [0.1, 0.15) is 48.7 Å². The summed E-state index contributed by atoms with van der Waals surface area (Å²) < 4.78 is 7.18. The van der Waals surface area contributed by atoms with Gasteiger partial charge in [0.05, 0.1) is 35.9 Å². The highest BCUT2D eigenvalue weighted by Crippen LogP contribution is 2.34. The lowest BCUT2D eigenvalue weighted by Gasteiger charge is -2.20. The molecule has 1 fully saturated rings. The molecule has 0 bridgehead atoms. The van der Waals surface area contributed by atoms with Gasteiger partial charge in [-0.05, 0) is 48.7 Å². The summed E-state index contributed by atoms with van der Waals surface area (Å²) >= 11 is 6.15. The van der Waals surface area contributed by atoms with E-state index in [0.717, 1.165) is 17.8 Å². The van der Waals surface area contributed by atoms with Crippen LogP contribution in [0.4, 0.5) is 11.4 Å². The molecule has 0 saturated carbocycles. The van der Waals surface area contributed by atoms with Crippen molar-refractivity contribution in [3.63, 3.8) is 0 Å². The molecule has 2 heterocycles. The normalized spacial score (nSPS) is 13.7. The molecule has 0 unspecified atom stereocenters. The molecular formula is C24H25ClN4O3. The van der Waals surface area contributed by atoms with Gasteiger partial charge in [-0.2, -0.15) is 5.10 Å². The molecule has 32 heavy (non-hydrogen) atoms. The first kappa shape index (κ1) is 21.9. The molecule has 0 radical (unpaired) electrons. The van der Waals surface area contributed by atoms with Crippen LogP contribution in [0, 0.1) is 0 Å². The maximum Gasteiger partial charge on any atom is 0.259 e. The number of nitrogens with one attached hydrogen (secondary N) is 1. The van der Waals surface area contributed by atoms with Crippen molar-refractivity contribution < 1.29 is 14.3 Å². The lowest BCUT2D eigenvalue weighted by Crippen LogP contribution is -2.24. The molecule has 2 aromatic carbocycles. The summed E-state index contributed by atoms with van der Waals surface area (Å²) in [5, 5.41) is 8.00. The van der Waals surface area contributed by atoms with Gasteiger partial charge in [0, 0.05) is 23.7 Å². The van der Waals surface area contributed by atoms with E-state index >= 15 is 0 Å². The molecule has 1 saturated heterocycles. The van der Waals surface area contributed by atoms with E-state index in [0.29, 0.717) is 40.7 Å². The van der Waals surface area contributed by atoms with Crippen molar-refractivity contribution in [2.45, 2.75) is 32.6 Å². The second-order valence-corrected chi connectivity index (χ2v) is 8.42. The van der Waals surface area contributed by atoms with Crippen molar-refractivity contribution >= 4 is 34.8 Å². The standard InChI is InChI=1S/C24H25ClN4O3/c1-15(2)23-19(14-26-29(23)18-7-4-6-16(25)12-18)24(31)27-17-9-10-21(32-3)20(13-17)28-11-5-8-22(28)30/h4,6-7,9-10,12-15H,5,8,11H2,1-3H3,(H,27,31). The third-order valence-corrected chi connectivity index (χ3v) is 5.69. The van der Waals surface area contributed by atoms with Crippen molar-refractivity contribution in [1.29, 1.82) is 0 Å². The summed E-state index contributed by atoms with van der Waals surface area (Å²) in [5.74, 6) is 0.420. The molecular weight excluding hydrogens is 428 g/mol. The molecule has 7 nitrogen and oxygen atoms in total. The van der Waals surface area contributed by atoms with Crippen LogP contribution < -0.4 is 15.0 Å². The minimum absolute atomic E-state index is 0.0471. The van der Waals surface area contributed by atoms with E-state index in [1.807, 2.05) is 32.0 Å². The minimum Gasteiger partial charge on any atom is -0.495 e. The second-order valence-electron chi connectivity index (χ2n) is 7.98. The molecule has 4 rings (SSSR count). The number of hydrogen-bond donors (Lipinski definition) is 1. The van der Waals surface area contributed by atoms with E-state index in [2.05, 4.69) is 10.4 Å². The molecule has 1 aliphatic rings. The first-order valence-corrected chi connectivity index (χ1v) is 10.9. The van der Waals surface area contributed by atoms with Gasteiger partial charge >= 0.3 is 0 Å². The molecule has 1 N–H and O–H groups in total. The number of nitrogens with zero attached hydrogens (tertiary/aromatic N) is 3. The van der Waals surface area contributed by atoms with Crippen LogP contribution in [0.25, 0.3) is 5.69 Å². The Kier molecular flexibility index (Phi) is 6.19. The van der Waals surface area contributed by atoms with E-state index in [1.165, 1.54) is 0 Å². The third kappa shape index (κ3) is 4.21. The van der Waals surface area contributed by atoms with E-state index in [4.69, 9.17) is 16.3 Å². The number of carbonyl (C=O) groups is 2. The zero-order valence-corrected chi connectivity index (χ0v) is 19.0. The van der Waals surface area contributed by atoms with Crippen LogP contribution in [-0.2, 0) is 4.79 Å². The van der Waals surface area contributed by atoms with Crippen LogP contribution >= 0.6 is 11.6 Å². The molecule has 8 heteroatoms. The predicted molar refractivity (Wildman–Crippen MR) is 125 cm³/mol. The highest BCUT2D eigenvalue weighted by molar-refractivity contribution is 6.30. The number of benzene rings is 2. The summed E-state index contributed by atoms with van der Waals surface area (Å²) in [7, 11) is 1.57. The quantitative estimate of drug-likeness (QED) is 0.568. The van der Waals surface area contributed by atoms with Gasteiger partial charge in [0.2, 0.25) is 5.91 Å². The second kappa shape index (κ2) is 9.04. The largest absolute Gasteiger partial charge is 0.495 e. The fourth-order valence-electron chi connectivity index (χ4n) is 3.98. The SMILES string of the molecule is COc1ccc(NC(=O)c2cnn(-c3cccc(Cl)c3)c2C(C)C)cc1N1CCCC1=O. The Morgan fingerprint density at radius 1 is 1.22 bits per heavy atom. The molecule has 0 atom stereocenters. The Balaban J connectivity index is 1.65. The molecule has 166 valence electrons. The number of rotatable bonds is 6. The Morgan fingerprint density at radius 3 is 2.69 bits per heavy atom. The van der Waals surface area contributed by atoms with Crippen molar-refractivity contribution in [2.75, 3.05) is 23.9 Å². The average molecular weight is 453 g/mol. The zero-order valence-electron chi connectivity index (χ0n) is 18.3. The minimum atomic E-state index is -0.272. The van der Waals surface area contributed by atoms with E-state index in [-0.39, 0.29) is 17.7 Å². The van der Waals surface area contributed by atoms with Gasteiger partial charge in [0.1, 0.15) is 5.75 Å². The molecule has 2 amide bonds. The zero-order chi connectivity index (χ0) is 22.8. The summed E-state index contributed by atoms with van der Waals surface area (Å²) in [6.07, 6.45) is 2.89. The van der Waals surface area contributed by atoms with E-state index < -0.39 is 0 Å². The van der Waals surface area contributed by atoms with Crippen LogP contribution in [0.3, 0.4) is 0 Å². The first-order valence-electron chi connectivity index (χ1n) is 10.5. The molecule has 0 spiro atoms. The Bertz CT molecular complexity index is 1170. The van der Waals surface area contributed by atoms with Crippen molar-refractivity contribution in [2.24, 2.45) is 0 Å². The highest BCUT2D eigenvalue weighted by atomic mass is 35.5. The number of carbonyl (C=O) groups excluding carboxylic acids is 2. The van der Waals surface area contributed by atoms with E-state index in [1.54, 1.807) is 47.2 Å². The number of halogens is 1. The highest BCUT2D eigenvalue weighted by Gasteiger charge is 2.26. The van der Waals surface area contributed by atoms with E-state index in [9.17, 15) is 9.59 Å². The lowest BCUT2D eigenvalue weighted by molar-refractivity contribution is -0.117. The van der Waals surface area contributed by atoms with Gasteiger partial charge in [-0.15, -0.1) is 0 Å². The average Bonchev–Trinajstić information content (AvgIpc) is 3.40. The third-order valence-electron chi connectivity index (χ3n) is 5.45.